The van der Waals surface area contributed by atoms with Gasteiger partial charge in [0, 0.05) is 17.7 Å². The molecule has 0 atom stereocenters. The van der Waals surface area contributed by atoms with Gasteiger partial charge < -0.3 is 9.84 Å². The number of hydrogen-bond donors (Lipinski definition) is 1. The maximum absolute atomic E-state index is 10.5. The Bertz CT molecular complexity index is 436. The maximum atomic E-state index is 10.5. The van der Waals surface area contributed by atoms with Crippen LogP contribution < -0.4 is 4.74 Å². The van der Waals surface area contributed by atoms with Crippen molar-refractivity contribution in [3.8, 4) is 11.8 Å². The second-order valence-corrected chi connectivity index (χ2v) is 2.71. The zero-order chi connectivity index (χ0) is 11.4. The van der Waals surface area contributed by atoms with Crippen LogP contribution in [0.5, 0.6) is 5.75 Å². The minimum Gasteiger partial charge on any atom is -0.495 e. The molecule has 0 unspecified atom stereocenters. The van der Waals surface area contributed by atoms with Gasteiger partial charge in [0.25, 0.3) is 5.69 Å². The minimum absolute atomic E-state index is 0.0377. The number of hydrogen-bond acceptors (Lipinski definition) is 5. The average molecular weight is 208 g/mol. The first-order valence-corrected chi connectivity index (χ1v) is 4.00. The fraction of sp³-hybridized carbons (Fsp3) is 0.222. The standard InChI is InChI=1S/C9H8N2O4/c1-15-9-6(4-10)2-8(11(13)14)3-7(9)5-12/h2-3,12H,5H2,1H3. The molecule has 0 fully saturated rings. The molecule has 6 heteroatoms. The summed E-state index contributed by atoms with van der Waals surface area (Å²) in [7, 11) is 1.33. The summed E-state index contributed by atoms with van der Waals surface area (Å²) in [5.74, 6) is 0.172. The Kier molecular flexibility index (Phi) is 3.21. The number of nitrogens with zero attached hydrogens (tertiary/aromatic N) is 2. The largest absolute Gasteiger partial charge is 0.495 e. The predicted molar refractivity (Wildman–Crippen MR) is 50.3 cm³/mol. The van der Waals surface area contributed by atoms with Crippen molar-refractivity contribution < 1.29 is 14.8 Å². The summed E-state index contributed by atoms with van der Waals surface area (Å²) in [6, 6.07) is 4.07. The molecular formula is C9H8N2O4. The van der Waals surface area contributed by atoms with Crippen molar-refractivity contribution in [2.45, 2.75) is 6.61 Å². The summed E-state index contributed by atoms with van der Waals surface area (Å²) >= 11 is 0. The monoisotopic (exact) mass is 208 g/mol. The van der Waals surface area contributed by atoms with Crippen molar-refractivity contribution >= 4 is 5.69 Å². The third kappa shape index (κ3) is 2.03. The van der Waals surface area contributed by atoms with Crippen LogP contribution in [0.25, 0.3) is 0 Å². The molecule has 1 N–H and O–H groups in total. The smallest absolute Gasteiger partial charge is 0.271 e. The molecule has 0 radical (unpaired) electrons. The van der Waals surface area contributed by atoms with E-state index in [9.17, 15) is 10.1 Å². The molecular weight excluding hydrogens is 200 g/mol. The molecule has 0 aliphatic heterocycles. The van der Waals surface area contributed by atoms with Gasteiger partial charge in [-0.05, 0) is 0 Å². The number of nitro groups is 1. The predicted octanol–water partition coefficient (Wildman–Crippen LogP) is 0.967. The van der Waals surface area contributed by atoms with Gasteiger partial charge in [0.2, 0.25) is 0 Å². The molecule has 6 nitrogen and oxygen atoms in total. The lowest BCUT2D eigenvalue weighted by Gasteiger charge is -2.07. The van der Waals surface area contributed by atoms with E-state index in [0.717, 1.165) is 6.07 Å². The van der Waals surface area contributed by atoms with E-state index < -0.39 is 11.5 Å². The number of aliphatic hydroxyl groups is 1. The second-order valence-electron chi connectivity index (χ2n) is 2.71. The lowest BCUT2D eigenvalue weighted by Crippen LogP contribution is -1.98. The van der Waals surface area contributed by atoms with Gasteiger partial charge in [-0.3, -0.25) is 10.1 Å². The molecule has 1 aromatic carbocycles. The number of non-ortho nitro benzene ring substituents is 1. The molecule has 1 rings (SSSR count). The highest BCUT2D eigenvalue weighted by atomic mass is 16.6. The fourth-order valence-electron chi connectivity index (χ4n) is 1.22. The summed E-state index contributed by atoms with van der Waals surface area (Å²) in [4.78, 5) is 9.88. The molecule has 0 saturated carbocycles. The maximum Gasteiger partial charge on any atom is 0.271 e. The van der Waals surface area contributed by atoms with Crippen molar-refractivity contribution in [2.24, 2.45) is 0 Å². The Morgan fingerprint density at radius 2 is 2.33 bits per heavy atom. The van der Waals surface area contributed by atoms with E-state index in [1.54, 1.807) is 6.07 Å². The topological polar surface area (TPSA) is 96.4 Å². The molecule has 0 heterocycles. The van der Waals surface area contributed by atoms with E-state index in [-0.39, 0.29) is 22.6 Å². The van der Waals surface area contributed by atoms with Crippen molar-refractivity contribution in [3.63, 3.8) is 0 Å². The molecule has 78 valence electrons. The Morgan fingerprint density at radius 1 is 1.67 bits per heavy atom. The number of rotatable bonds is 3. The SMILES string of the molecule is COc1c(C#N)cc([N+](=O)[O-])cc1CO. The summed E-state index contributed by atoms with van der Waals surface area (Å²) < 4.78 is 4.89. The molecule has 0 spiro atoms. The van der Waals surface area contributed by atoms with Crippen LogP contribution in [0.3, 0.4) is 0 Å². The zero-order valence-electron chi connectivity index (χ0n) is 7.93. The van der Waals surface area contributed by atoms with E-state index in [4.69, 9.17) is 15.1 Å². The molecule has 0 bridgehead atoms. The van der Waals surface area contributed by atoms with Crippen molar-refractivity contribution in [2.75, 3.05) is 7.11 Å². The zero-order valence-corrected chi connectivity index (χ0v) is 7.93. The molecule has 0 aliphatic carbocycles. The fourth-order valence-corrected chi connectivity index (χ4v) is 1.22. The van der Waals surface area contributed by atoms with Crippen LogP contribution in [0.15, 0.2) is 12.1 Å². The van der Waals surface area contributed by atoms with Gasteiger partial charge >= 0.3 is 0 Å². The Morgan fingerprint density at radius 3 is 2.73 bits per heavy atom. The lowest BCUT2D eigenvalue weighted by atomic mass is 10.1. The highest BCUT2D eigenvalue weighted by Gasteiger charge is 2.16. The van der Waals surface area contributed by atoms with Gasteiger partial charge in [-0.2, -0.15) is 5.26 Å². The summed E-state index contributed by atoms with van der Waals surface area (Å²) in [5.41, 5.74) is 0.0235. The van der Waals surface area contributed by atoms with E-state index >= 15 is 0 Å². The number of nitriles is 1. The second kappa shape index (κ2) is 4.39. The normalized spacial score (nSPS) is 9.40. The molecule has 1 aromatic rings. The molecule has 0 aliphatic rings. The Hall–Kier alpha value is -2.13. The third-order valence-electron chi connectivity index (χ3n) is 1.86. The van der Waals surface area contributed by atoms with Crippen LogP contribution >= 0.6 is 0 Å². The Labute approximate surface area is 85.5 Å². The van der Waals surface area contributed by atoms with Gasteiger partial charge in [-0.25, -0.2) is 0 Å². The first-order valence-electron chi connectivity index (χ1n) is 4.00. The first-order chi connectivity index (χ1) is 7.13. The highest BCUT2D eigenvalue weighted by molar-refractivity contribution is 5.55. The van der Waals surface area contributed by atoms with Crippen molar-refractivity contribution in [3.05, 3.63) is 33.4 Å². The summed E-state index contributed by atoms with van der Waals surface area (Å²) in [6.07, 6.45) is 0. The molecule has 0 aromatic heterocycles. The van der Waals surface area contributed by atoms with Gasteiger partial charge in [-0.15, -0.1) is 0 Å². The van der Waals surface area contributed by atoms with Crippen LogP contribution in [0.4, 0.5) is 5.69 Å². The quantitative estimate of drug-likeness (QED) is 0.589. The van der Waals surface area contributed by atoms with Crippen LogP contribution in [0.1, 0.15) is 11.1 Å². The van der Waals surface area contributed by atoms with Gasteiger partial charge in [0.1, 0.15) is 17.4 Å². The van der Waals surface area contributed by atoms with Gasteiger partial charge in [0.05, 0.1) is 18.6 Å². The summed E-state index contributed by atoms with van der Waals surface area (Å²) in [5, 5.41) is 28.2. The number of nitro benzene ring substituents is 1. The van der Waals surface area contributed by atoms with Crippen molar-refractivity contribution in [1.29, 1.82) is 5.26 Å². The minimum atomic E-state index is -0.626. The van der Waals surface area contributed by atoms with E-state index in [2.05, 4.69) is 0 Å². The average Bonchev–Trinajstić information content (AvgIpc) is 2.26. The van der Waals surface area contributed by atoms with Gasteiger partial charge in [0.15, 0.2) is 0 Å². The highest BCUT2D eigenvalue weighted by Crippen LogP contribution is 2.28. The van der Waals surface area contributed by atoms with Crippen LogP contribution in [0, 0.1) is 21.4 Å². The van der Waals surface area contributed by atoms with E-state index in [1.165, 1.54) is 13.2 Å². The Balaban J connectivity index is 3.44. The van der Waals surface area contributed by atoms with E-state index in [0.29, 0.717) is 0 Å². The first kappa shape index (κ1) is 10.9. The van der Waals surface area contributed by atoms with E-state index in [1.807, 2.05) is 0 Å². The van der Waals surface area contributed by atoms with Crippen LogP contribution in [0.2, 0.25) is 0 Å². The van der Waals surface area contributed by atoms with Gasteiger partial charge in [-0.1, -0.05) is 0 Å². The van der Waals surface area contributed by atoms with Crippen LogP contribution in [-0.4, -0.2) is 17.1 Å². The molecule has 0 amide bonds. The number of ether oxygens (including phenoxy) is 1. The lowest BCUT2D eigenvalue weighted by molar-refractivity contribution is -0.385. The van der Waals surface area contributed by atoms with Crippen LogP contribution in [-0.2, 0) is 6.61 Å². The molecule has 0 saturated heterocycles. The third-order valence-corrected chi connectivity index (χ3v) is 1.86. The molecule has 15 heavy (non-hydrogen) atoms. The number of methoxy groups -OCH3 is 1. The number of benzene rings is 1. The summed E-state index contributed by atoms with van der Waals surface area (Å²) in [6.45, 7) is -0.417. The number of aliphatic hydroxyl groups excluding tert-OH is 1. The van der Waals surface area contributed by atoms with Crippen molar-refractivity contribution in [1.82, 2.24) is 0 Å².